The van der Waals surface area contributed by atoms with E-state index >= 15 is 0 Å². The smallest absolute Gasteiger partial charge is 0.272 e. The van der Waals surface area contributed by atoms with Crippen LogP contribution in [-0.4, -0.2) is 64.3 Å². The quantitative estimate of drug-likeness (QED) is 0.673. The molecule has 0 aromatic carbocycles. The average Bonchev–Trinajstić information content (AvgIpc) is 3.11. The van der Waals surface area contributed by atoms with Crippen LogP contribution in [-0.2, 0) is 7.05 Å². The van der Waals surface area contributed by atoms with Crippen molar-refractivity contribution in [3.63, 3.8) is 0 Å². The molecule has 2 saturated heterocycles. The van der Waals surface area contributed by atoms with E-state index in [9.17, 15) is 4.79 Å². The average molecular weight is 455 g/mol. The molecule has 0 radical (unpaired) electrons. The van der Waals surface area contributed by atoms with Gasteiger partial charge in [-0.15, -0.1) is 0 Å². The maximum absolute atomic E-state index is 13.1. The Balaban J connectivity index is 1.38. The van der Waals surface area contributed by atoms with Crippen LogP contribution in [0.25, 0.3) is 11.0 Å². The zero-order chi connectivity index (χ0) is 23.2. The highest BCUT2D eigenvalue weighted by atomic mass is 16.2. The van der Waals surface area contributed by atoms with Crippen molar-refractivity contribution in [2.24, 2.45) is 13.0 Å². The highest BCUT2D eigenvalue weighted by molar-refractivity contribution is 6.04. The number of carbonyl (C=O) groups excluding carboxylic acids is 1. The Labute approximate surface area is 198 Å². The van der Waals surface area contributed by atoms with Gasteiger partial charge in [-0.1, -0.05) is 39.5 Å². The summed E-state index contributed by atoms with van der Waals surface area (Å²) in [7, 11) is 1.89. The number of nitrogens with zero attached hydrogens (tertiary/aromatic N) is 5. The topological polar surface area (TPSA) is 66.3 Å². The third kappa shape index (κ3) is 6.05. The van der Waals surface area contributed by atoms with Crippen molar-refractivity contribution in [3.05, 3.63) is 17.8 Å². The van der Waals surface area contributed by atoms with Gasteiger partial charge in [-0.25, -0.2) is 9.67 Å². The Morgan fingerprint density at radius 3 is 2.48 bits per heavy atom. The van der Waals surface area contributed by atoms with Crippen LogP contribution >= 0.6 is 0 Å². The van der Waals surface area contributed by atoms with Gasteiger partial charge < -0.3 is 15.1 Å². The molecule has 4 heterocycles. The van der Waals surface area contributed by atoms with Crippen molar-refractivity contribution < 1.29 is 4.79 Å². The van der Waals surface area contributed by atoms with Crippen molar-refractivity contribution in [2.45, 2.75) is 77.7 Å². The first-order valence-corrected chi connectivity index (χ1v) is 13.2. The van der Waals surface area contributed by atoms with Gasteiger partial charge in [0.05, 0.1) is 5.39 Å². The lowest BCUT2D eigenvalue weighted by molar-refractivity contribution is 0.0901. The van der Waals surface area contributed by atoms with Crippen LogP contribution in [0.1, 0.15) is 82.1 Å². The molecule has 0 saturated carbocycles. The predicted octanol–water partition coefficient (Wildman–Crippen LogP) is 4.37. The van der Waals surface area contributed by atoms with E-state index in [1.165, 1.54) is 51.5 Å². The fraction of sp³-hybridized carbons (Fsp3) is 0.731. The van der Waals surface area contributed by atoms with Gasteiger partial charge in [0.25, 0.3) is 5.91 Å². The van der Waals surface area contributed by atoms with Crippen LogP contribution in [0, 0.1) is 5.92 Å². The molecule has 1 amide bonds. The van der Waals surface area contributed by atoms with Gasteiger partial charge in [0.1, 0.15) is 5.82 Å². The minimum atomic E-state index is -0.0702. The van der Waals surface area contributed by atoms with E-state index in [4.69, 9.17) is 4.98 Å². The van der Waals surface area contributed by atoms with Gasteiger partial charge >= 0.3 is 0 Å². The summed E-state index contributed by atoms with van der Waals surface area (Å²) in [6, 6.07) is 4.33. The highest BCUT2D eigenvalue weighted by Crippen LogP contribution is 2.23. The fourth-order valence-electron chi connectivity index (χ4n) is 5.48. The first-order valence-electron chi connectivity index (χ1n) is 13.2. The second-order valence-corrected chi connectivity index (χ2v) is 10.2. The number of hydrogen-bond acceptors (Lipinski definition) is 5. The molecule has 7 heteroatoms. The minimum absolute atomic E-state index is 0.0702. The number of anilines is 1. The molecule has 2 aliphatic rings. The molecule has 1 atom stereocenters. The molecule has 182 valence electrons. The van der Waals surface area contributed by atoms with E-state index in [0.29, 0.717) is 5.69 Å². The van der Waals surface area contributed by atoms with E-state index in [2.05, 4.69) is 40.1 Å². The molecular formula is C26H42N6O. The summed E-state index contributed by atoms with van der Waals surface area (Å²) < 4.78 is 1.76. The largest absolute Gasteiger partial charge is 0.357 e. The number of aryl methyl sites for hydroxylation is 1. The Morgan fingerprint density at radius 1 is 1.09 bits per heavy atom. The van der Waals surface area contributed by atoms with E-state index in [1.807, 2.05) is 13.1 Å². The SMILES string of the molecule is CCCC(C)CN1CCC(NC(=O)c2nn(C)c3nc(N4CCCCCCC4)ccc23)CC1. The van der Waals surface area contributed by atoms with E-state index < -0.39 is 0 Å². The maximum atomic E-state index is 13.1. The lowest BCUT2D eigenvalue weighted by atomic mass is 10.0. The van der Waals surface area contributed by atoms with Crippen molar-refractivity contribution in [1.29, 1.82) is 0 Å². The molecule has 0 spiro atoms. The summed E-state index contributed by atoms with van der Waals surface area (Å²) in [5, 5.41) is 8.66. The number of nitrogens with one attached hydrogen (secondary N) is 1. The van der Waals surface area contributed by atoms with Crippen LogP contribution in [0.4, 0.5) is 5.82 Å². The van der Waals surface area contributed by atoms with Gasteiger partial charge in [-0.2, -0.15) is 5.10 Å². The molecule has 4 rings (SSSR count). The van der Waals surface area contributed by atoms with Crippen LogP contribution < -0.4 is 10.2 Å². The summed E-state index contributed by atoms with van der Waals surface area (Å²) in [6.07, 6.45) is 10.9. The molecule has 2 aliphatic heterocycles. The van der Waals surface area contributed by atoms with E-state index in [-0.39, 0.29) is 11.9 Å². The summed E-state index contributed by atoms with van der Waals surface area (Å²) >= 11 is 0. The molecule has 0 aliphatic carbocycles. The van der Waals surface area contributed by atoms with E-state index in [0.717, 1.165) is 61.8 Å². The number of rotatable bonds is 7. The maximum Gasteiger partial charge on any atom is 0.272 e. The Morgan fingerprint density at radius 2 is 1.79 bits per heavy atom. The highest BCUT2D eigenvalue weighted by Gasteiger charge is 2.25. The predicted molar refractivity (Wildman–Crippen MR) is 135 cm³/mol. The number of amides is 1. The molecular weight excluding hydrogens is 412 g/mol. The van der Waals surface area contributed by atoms with Crippen LogP contribution in [0.5, 0.6) is 0 Å². The minimum Gasteiger partial charge on any atom is -0.357 e. The third-order valence-electron chi connectivity index (χ3n) is 7.34. The number of piperidine rings is 1. The lowest BCUT2D eigenvalue weighted by Crippen LogP contribution is -2.45. The molecule has 2 aromatic heterocycles. The molecule has 33 heavy (non-hydrogen) atoms. The zero-order valence-electron chi connectivity index (χ0n) is 20.9. The number of likely N-dealkylation sites (tertiary alicyclic amines) is 1. The van der Waals surface area contributed by atoms with Gasteiger partial charge in [0.2, 0.25) is 0 Å². The normalized spacial score (nSPS) is 19.9. The zero-order valence-corrected chi connectivity index (χ0v) is 20.9. The molecule has 7 nitrogen and oxygen atoms in total. The first-order chi connectivity index (χ1) is 16.0. The third-order valence-corrected chi connectivity index (χ3v) is 7.34. The van der Waals surface area contributed by atoms with Crippen LogP contribution in [0.2, 0.25) is 0 Å². The van der Waals surface area contributed by atoms with Gasteiger partial charge in [0.15, 0.2) is 11.3 Å². The number of pyridine rings is 1. The van der Waals surface area contributed by atoms with Crippen LogP contribution in [0.3, 0.4) is 0 Å². The molecule has 1 unspecified atom stereocenters. The van der Waals surface area contributed by atoms with Crippen LogP contribution in [0.15, 0.2) is 12.1 Å². The molecule has 1 N–H and O–H groups in total. The number of carbonyl (C=O) groups is 1. The van der Waals surface area contributed by atoms with E-state index in [1.54, 1.807) is 4.68 Å². The Hall–Kier alpha value is -2.15. The van der Waals surface area contributed by atoms with Gasteiger partial charge in [-0.05, 0) is 50.2 Å². The van der Waals surface area contributed by atoms with Crippen molar-refractivity contribution in [3.8, 4) is 0 Å². The molecule has 2 aromatic rings. The molecule has 2 fully saturated rings. The van der Waals surface area contributed by atoms with Crippen molar-refractivity contribution >= 4 is 22.8 Å². The fourth-order valence-corrected chi connectivity index (χ4v) is 5.48. The van der Waals surface area contributed by atoms with Crippen molar-refractivity contribution in [2.75, 3.05) is 37.6 Å². The van der Waals surface area contributed by atoms with Crippen molar-refractivity contribution in [1.82, 2.24) is 25.0 Å². The number of fused-ring (bicyclic) bond motifs is 1. The van der Waals surface area contributed by atoms with Gasteiger partial charge in [0, 0.05) is 45.8 Å². The number of hydrogen-bond donors (Lipinski definition) is 1. The monoisotopic (exact) mass is 454 g/mol. The Kier molecular flexibility index (Phi) is 8.23. The summed E-state index contributed by atoms with van der Waals surface area (Å²) in [5.41, 5.74) is 1.29. The number of aromatic nitrogens is 3. The first kappa shape index (κ1) is 24.0. The standard InChI is InChI=1S/C26H42N6O/c1-4-10-20(2)19-31-17-13-21(14-18-31)27-26(33)24-22-11-12-23(28-25(22)30(3)29-24)32-15-8-6-5-7-9-16-32/h11-12,20-21H,4-10,13-19H2,1-3H3,(H,27,33). The molecule has 0 bridgehead atoms. The summed E-state index contributed by atoms with van der Waals surface area (Å²) in [6.45, 7) is 10.00. The van der Waals surface area contributed by atoms with Gasteiger partial charge in [-0.3, -0.25) is 4.79 Å². The second kappa shape index (κ2) is 11.3. The Bertz CT molecular complexity index is 909. The lowest BCUT2D eigenvalue weighted by Gasteiger charge is -2.33. The second-order valence-electron chi connectivity index (χ2n) is 10.2. The summed E-state index contributed by atoms with van der Waals surface area (Å²) in [5.74, 6) is 1.68. The summed E-state index contributed by atoms with van der Waals surface area (Å²) in [4.78, 5) is 23.0.